The van der Waals surface area contributed by atoms with Crippen LogP contribution in [0.15, 0.2) is 66.7 Å². The molecule has 4 rings (SSSR count). The first-order valence-electron chi connectivity index (χ1n) is 12.7. The highest BCUT2D eigenvalue weighted by molar-refractivity contribution is 6.05. The molecule has 4 aromatic rings. The molecule has 0 bridgehead atoms. The van der Waals surface area contributed by atoms with Gasteiger partial charge in [0.1, 0.15) is 0 Å². The molecule has 1 N–H and O–H groups in total. The van der Waals surface area contributed by atoms with Gasteiger partial charge in [-0.1, -0.05) is 55.8 Å². The average molecular weight is 498 g/mol. The van der Waals surface area contributed by atoms with Gasteiger partial charge in [-0.15, -0.1) is 0 Å². The second-order valence-electron chi connectivity index (χ2n) is 9.11. The normalized spacial score (nSPS) is 11.1. The van der Waals surface area contributed by atoms with Crippen molar-refractivity contribution >= 4 is 28.4 Å². The zero-order valence-electron chi connectivity index (χ0n) is 22.3. The van der Waals surface area contributed by atoms with E-state index in [-0.39, 0.29) is 5.91 Å². The van der Waals surface area contributed by atoms with Gasteiger partial charge in [-0.2, -0.15) is 0 Å². The summed E-state index contributed by atoms with van der Waals surface area (Å²) < 4.78 is 5.56. The minimum Gasteiger partial charge on any atom is -0.478 e. The molecule has 1 aromatic heterocycles. The molecule has 1 heterocycles. The number of aromatic nitrogens is 2. The van der Waals surface area contributed by atoms with Crippen LogP contribution in [0.25, 0.3) is 22.2 Å². The van der Waals surface area contributed by atoms with Crippen molar-refractivity contribution in [1.82, 2.24) is 14.9 Å². The van der Waals surface area contributed by atoms with Gasteiger partial charge in [-0.25, -0.2) is 9.97 Å². The van der Waals surface area contributed by atoms with E-state index in [2.05, 4.69) is 65.1 Å². The van der Waals surface area contributed by atoms with Gasteiger partial charge in [0.05, 0.1) is 18.1 Å². The molecule has 37 heavy (non-hydrogen) atoms. The Bertz CT molecular complexity index is 1350. The monoisotopic (exact) mass is 497 g/mol. The van der Waals surface area contributed by atoms with E-state index in [1.807, 2.05) is 49.5 Å². The van der Waals surface area contributed by atoms with Crippen LogP contribution < -0.4 is 15.0 Å². The van der Waals surface area contributed by atoms with Crippen molar-refractivity contribution in [3.05, 3.63) is 77.9 Å². The maximum absolute atomic E-state index is 12.9. The number of benzene rings is 3. The SMILES string of the molecule is CCN(CC)CCN(C)c1nc2ccc(NC(=O)c3ccc(-c4ccc(C)cc4)cc3)cc2nc1OC. The van der Waals surface area contributed by atoms with Gasteiger partial charge >= 0.3 is 0 Å². The Balaban J connectivity index is 1.49. The van der Waals surface area contributed by atoms with Crippen molar-refractivity contribution in [3.8, 4) is 17.0 Å². The fourth-order valence-electron chi connectivity index (χ4n) is 4.19. The van der Waals surface area contributed by atoms with Crippen LogP contribution in [0.4, 0.5) is 11.5 Å². The molecule has 1 amide bonds. The lowest BCUT2D eigenvalue weighted by Crippen LogP contribution is -2.33. The minimum absolute atomic E-state index is 0.178. The molecule has 3 aromatic carbocycles. The molecule has 192 valence electrons. The quantitative estimate of drug-likeness (QED) is 0.306. The highest BCUT2D eigenvalue weighted by Crippen LogP contribution is 2.28. The smallest absolute Gasteiger partial charge is 0.257 e. The average Bonchev–Trinajstić information content (AvgIpc) is 2.93. The number of carbonyl (C=O) groups is 1. The molecular formula is C30H35N5O2. The van der Waals surface area contributed by atoms with E-state index in [1.165, 1.54) is 5.56 Å². The number of fused-ring (bicyclic) bond motifs is 1. The number of hydrogen-bond acceptors (Lipinski definition) is 6. The molecule has 0 unspecified atom stereocenters. The second-order valence-corrected chi connectivity index (χ2v) is 9.11. The number of carbonyl (C=O) groups excluding carboxylic acids is 1. The number of methoxy groups -OCH3 is 1. The Labute approximate surface area is 219 Å². The van der Waals surface area contributed by atoms with Crippen LogP contribution in [-0.4, -0.2) is 61.1 Å². The van der Waals surface area contributed by atoms with Gasteiger partial charge in [0, 0.05) is 31.4 Å². The third-order valence-electron chi connectivity index (χ3n) is 6.61. The molecule has 7 nitrogen and oxygen atoms in total. The summed E-state index contributed by atoms with van der Waals surface area (Å²) in [7, 11) is 3.60. The van der Waals surface area contributed by atoms with Crippen LogP contribution in [0.3, 0.4) is 0 Å². The van der Waals surface area contributed by atoms with E-state index in [0.29, 0.717) is 28.5 Å². The van der Waals surface area contributed by atoms with Crippen molar-refractivity contribution in [2.75, 3.05) is 50.6 Å². The molecule has 0 saturated heterocycles. The summed E-state index contributed by atoms with van der Waals surface area (Å²) in [6.07, 6.45) is 0. The Kier molecular flexibility index (Phi) is 8.36. The molecular weight excluding hydrogens is 462 g/mol. The number of hydrogen-bond donors (Lipinski definition) is 1. The van der Waals surface area contributed by atoms with Gasteiger partial charge in [-0.05, 0) is 61.5 Å². The molecule has 0 spiro atoms. The van der Waals surface area contributed by atoms with Crippen LogP contribution in [0.5, 0.6) is 5.88 Å². The highest BCUT2D eigenvalue weighted by Gasteiger charge is 2.15. The van der Waals surface area contributed by atoms with Gasteiger partial charge in [-0.3, -0.25) is 4.79 Å². The zero-order chi connectivity index (χ0) is 26.4. The van der Waals surface area contributed by atoms with Crippen LogP contribution in [0.1, 0.15) is 29.8 Å². The second kappa shape index (κ2) is 11.8. The molecule has 0 saturated carbocycles. The van der Waals surface area contributed by atoms with Crippen molar-refractivity contribution < 1.29 is 9.53 Å². The third-order valence-corrected chi connectivity index (χ3v) is 6.61. The lowest BCUT2D eigenvalue weighted by Gasteiger charge is -2.24. The number of ether oxygens (including phenoxy) is 1. The maximum Gasteiger partial charge on any atom is 0.257 e. The first-order chi connectivity index (χ1) is 17.9. The highest BCUT2D eigenvalue weighted by atomic mass is 16.5. The number of anilines is 2. The van der Waals surface area contributed by atoms with E-state index in [1.54, 1.807) is 7.11 Å². The molecule has 0 aliphatic carbocycles. The lowest BCUT2D eigenvalue weighted by molar-refractivity contribution is 0.102. The standard InChI is InChI=1S/C30H35N5O2/c1-6-35(7-2)19-18-34(4)28-30(37-5)33-27-20-25(16-17-26(27)32-28)31-29(36)24-14-12-23(13-15-24)22-10-8-21(3)9-11-22/h8-17,20H,6-7,18-19H2,1-5H3,(H,31,36). The molecule has 0 aliphatic heterocycles. The fourth-order valence-corrected chi connectivity index (χ4v) is 4.19. The molecule has 0 atom stereocenters. The minimum atomic E-state index is -0.178. The number of likely N-dealkylation sites (N-methyl/N-ethyl adjacent to an activating group) is 2. The summed E-state index contributed by atoms with van der Waals surface area (Å²) >= 11 is 0. The Morgan fingerprint density at radius 2 is 1.51 bits per heavy atom. The third kappa shape index (κ3) is 6.24. The van der Waals surface area contributed by atoms with E-state index in [4.69, 9.17) is 9.72 Å². The summed E-state index contributed by atoms with van der Waals surface area (Å²) in [6, 6.07) is 21.5. The lowest BCUT2D eigenvalue weighted by atomic mass is 10.0. The molecule has 0 fully saturated rings. The summed E-state index contributed by atoms with van der Waals surface area (Å²) in [5.41, 5.74) is 6.05. The van der Waals surface area contributed by atoms with Gasteiger partial charge in [0.2, 0.25) is 0 Å². The summed E-state index contributed by atoms with van der Waals surface area (Å²) in [5.74, 6) is 0.986. The Hall–Kier alpha value is -3.97. The van der Waals surface area contributed by atoms with Crippen LogP contribution >= 0.6 is 0 Å². The predicted molar refractivity (Wildman–Crippen MR) is 152 cm³/mol. The van der Waals surface area contributed by atoms with Crippen LogP contribution in [0.2, 0.25) is 0 Å². The predicted octanol–water partition coefficient (Wildman–Crippen LogP) is 5.64. The zero-order valence-corrected chi connectivity index (χ0v) is 22.3. The fraction of sp³-hybridized carbons (Fsp3) is 0.300. The van der Waals surface area contributed by atoms with Crippen molar-refractivity contribution in [2.45, 2.75) is 20.8 Å². The Morgan fingerprint density at radius 1 is 0.865 bits per heavy atom. The van der Waals surface area contributed by atoms with E-state index in [0.717, 1.165) is 42.8 Å². The van der Waals surface area contributed by atoms with Gasteiger partial charge in [0.25, 0.3) is 11.8 Å². The number of nitrogens with zero attached hydrogens (tertiary/aromatic N) is 4. The van der Waals surface area contributed by atoms with Crippen molar-refractivity contribution in [3.63, 3.8) is 0 Å². The number of aryl methyl sites for hydroxylation is 1. The summed E-state index contributed by atoms with van der Waals surface area (Å²) in [4.78, 5) is 26.8. The van der Waals surface area contributed by atoms with E-state index in [9.17, 15) is 4.79 Å². The molecule has 7 heteroatoms. The number of nitrogens with one attached hydrogen (secondary N) is 1. The number of amides is 1. The van der Waals surface area contributed by atoms with Crippen molar-refractivity contribution in [2.24, 2.45) is 0 Å². The molecule has 0 radical (unpaired) electrons. The first-order valence-corrected chi connectivity index (χ1v) is 12.7. The number of rotatable bonds is 10. The molecule has 0 aliphatic rings. The van der Waals surface area contributed by atoms with Crippen LogP contribution in [-0.2, 0) is 0 Å². The first kappa shape index (κ1) is 26.1. The van der Waals surface area contributed by atoms with E-state index >= 15 is 0 Å². The van der Waals surface area contributed by atoms with Crippen LogP contribution in [0, 0.1) is 6.92 Å². The largest absolute Gasteiger partial charge is 0.478 e. The maximum atomic E-state index is 12.9. The van der Waals surface area contributed by atoms with E-state index < -0.39 is 0 Å². The Morgan fingerprint density at radius 3 is 2.14 bits per heavy atom. The van der Waals surface area contributed by atoms with Gasteiger partial charge in [0.15, 0.2) is 5.82 Å². The van der Waals surface area contributed by atoms with Gasteiger partial charge < -0.3 is 19.9 Å². The summed E-state index contributed by atoms with van der Waals surface area (Å²) in [6.45, 7) is 10.2. The van der Waals surface area contributed by atoms with Crippen molar-refractivity contribution in [1.29, 1.82) is 0 Å². The topological polar surface area (TPSA) is 70.6 Å². The summed E-state index contributed by atoms with van der Waals surface area (Å²) in [5, 5.41) is 2.97.